The van der Waals surface area contributed by atoms with Crippen molar-refractivity contribution in [1.82, 2.24) is 15.6 Å². The smallest absolute Gasteiger partial charge is 0.268 e. The number of hydrogen-bond donors (Lipinski definition) is 4. The fraction of sp³-hybridized carbons (Fsp3) is 0.412. The zero-order valence-corrected chi connectivity index (χ0v) is 13.5. The molecule has 1 heterocycles. The molecule has 1 aromatic heterocycles. The van der Waals surface area contributed by atoms with E-state index in [0.717, 1.165) is 10.9 Å². The third-order valence-electron chi connectivity index (χ3n) is 4.11. The highest BCUT2D eigenvalue weighted by Crippen LogP contribution is 2.14. The molecule has 2 aromatic rings. The minimum absolute atomic E-state index is 0.127. The third kappa shape index (κ3) is 4.32. The number of aromatic amines is 1. The summed E-state index contributed by atoms with van der Waals surface area (Å²) < 4.78 is 0. The molecule has 4 N–H and O–H groups in total. The van der Waals surface area contributed by atoms with Crippen LogP contribution in [-0.2, 0) is 4.79 Å². The zero-order valence-electron chi connectivity index (χ0n) is 13.5. The molecule has 0 fully saturated rings. The first-order chi connectivity index (χ1) is 11.0. The van der Waals surface area contributed by atoms with Gasteiger partial charge in [0.15, 0.2) is 0 Å². The van der Waals surface area contributed by atoms with Gasteiger partial charge in [-0.2, -0.15) is 0 Å². The highest BCUT2D eigenvalue weighted by Gasteiger charge is 2.22. The topological polar surface area (TPSA) is 94.2 Å². The minimum atomic E-state index is -0.892. The van der Waals surface area contributed by atoms with E-state index in [4.69, 9.17) is 0 Å². The first kappa shape index (κ1) is 17.0. The van der Waals surface area contributed by atoms with Gasteiger partial charge in [-0.05, 0) is 25.0 Å². The summed E-state index contributed by atoms with van der Waals surface area (Å²) in [6.45, 7) is 3.79. The second-order valence-electron chi connectivity index (χ2n) is 5.66. The van der Waals surface area contributed by atoms with E-state index in [-0.39, 0.29) is 24.9 Å². The predicted molar refractivity (Wildman–Crippen MR) is 89.2 cm³/mol. The number of carbonyl (C=O) groups is 2. The van der Waals surface area contributed by atoms with Crippen molar-refractivity contribution in [2.75, 3.05) is 13.1 Å². The first-order valence-corrected chi connectivity index (χ1v) is 7.82. The summed E-state index contributed by atoms with van der Waals surface area (Å²) in [5.41, 5.74) is 0.396. The van der Waals surface area contributed by atoms with Crippen LogP contribution in [0.5, 0.6) is 0 Å². The van der Waals surface area contributed by atoms with Crippen molar-refractivity contribution in [2.24, 2.45) is 0 Å². The molecule has 0 radical (unpaired) electrons. The molecule has 0 atom stereocenters. The van der Waals surface area contributed by atoms with E-state index < -0.39 is 5.60 Å². The molecule has 0 aliphatic heterocycles. The Labute approximate surface area is 135 Å². The summed E-state index contributed by atoms with van der Waals surface area (Å²) in [5.74, 6) is -0.660. The third-order valence-corrected chi connectivity index (χ3v) is 4.11. The largest absolute Gasteiger partial charge is 0.388 e. The van der Waals surface area contributed by atoms with E-state index >= 15 is 0 Å². The van der Waals surface area contributed by atoms with Gasteiger partial charge in [-0.15, -0.1) is 0 Å². The van der Waals surface area contributed by atoms with E-state index in [9.17, 15) is 14.7 Å². The van der Waals surface area contributed by atoms with Crippen molar-refractivity contribution in [3.63, 3.8) is 0 Å². The van der Waals surface area contributed by atoms with Gasteiger partial charge in [0, 0.05) is 17.4 Å². The van der Waals surface area contributed by atoms with Gasteiger partial charge in [-0.1, -0.05) is 32.0 Å². The van der Waals surface area contributed by atoms with Crippen LogP contribution >= 0.6 is 0 Å². The van der Waals surface area contributed by atoms with Gasteiger partial charge in [0.1, 0.15) is 5.69 Å². The van der Waals surface area contributed by atoms with Gasteiger partial charge in [0.05, 0.1) is 12.1 Å². The Hall–Kier alpha value is -2.34. The fourth-order valence-electron chi connectivity index (χ4n) is 2.28. The Morgan fingerprint density at radius 1 is 1.17 bits per heavy atom. The molecule has 2 rings (SSSR count). The Balaban J connectivity index is 1.85. The number of aromatic nitrogens is 1. The predicted octanol–water partition coefficient (Wildman–Crippen LogP) is 1.56. The van der Waals surface area contributed by atoms with E-state index in [2.05, 4.69) is 15.6 Å². The number of nitrogens with one attached hydrogen (secondary N) is 3. The Morgan fingerprint density at radius 3 is 2.52 bits per heavy atom. The fourth-order valence-corrected chi connectivity index (χ4v) is 2.28. The second kappa shape index (κ2) is 7.28. The van der Waals surface area contributed by atoms with Crippen LogP contribution in [0, 0.1) is 0 Å². The number of H-pyrrole nitrogens is 1. The average Bonchev–Trinajstić information content (AvgIpc) is 3.01. The summed E-state index contributed by atoms with van der Waals surface area (Å²) in [7, 11) is 0. The quantitative estimate of drug-likeness (QED) is 0.624. The van der Waals surface area contributed by atoms with Gasteiger partial charge in [0.25, 0.3) is 5.91 Å². The number of para-hydroxylation sites is 1. The summed E-state index contributed by atoms with van der Waals surface area (Å²) >= 11 is 0. The number of aliphatic hydroxyl groups is 1. The lowest BCUT2D eigenvalue weighted by Crippen LogP contribution is -2.45. The maximum atomic E-state index is 12.1. The van der Waals surface area contributed by atoms with Gasteiger partial charge in [0.2, 0.25) is 5.91 Å². The molecule has 0 aliphatic rings. The molecule has 2 amide bonds. The zero-order chi connectivity index (χ0) is 16.9. The van der Waals surface area contributed by atoms with Crippen LogP contribution in [0.15, 0.2) is 30.3 Å². The van der Waals surface area contributed by atoms with E-state index in [0.29, 0.717) is 18.5 Å². The number of hydrogen-bond acceptors (Lipinski definition) is 3. The normalized spacial score (nSPS) is 11.4. The summed E-state index contributed by atoms with van der Waals surface area (Å²) in [6.07, 6.45) is 1.12. The number of benzene rings is 1. The van der Waals surface area contributed by atoms with Gasteiger partial charge >= 0.3 is 0 Å². The Morgan fingerprint density at radius 2 is 1.87 bits per heavy atom. The molecular weight excluding hydrogens is 294 g/mol. The lowest BCUT2D eigenvalue weighted by atomic mass is 9.98. The van der Waals surface area contributed by atoms with E-state index in [1.807, 2.05) is 38.1 Å². The van der Waals surface area contributed by atoms with Crippen LogP contribution in [0.1, 0.15) is 37.2 Å². The van der Waals surface area contributed by atoms with Crippen molar-refractivity contribution in [1.29, 1.82) is 0 Å². The van der Waals surface area contributed by atoms with Crippen LogP contribution in [0.3, 0.4) is 0 Å². The Kier molecular flexibility index (Phi) is 5.39. The van der Waals surface area contributed by atoms with Gasteiger partial charge in [-0.3, -0.25) is 9.59 Å². The van der Waals surface area contributed by atoms with Gasteiger partial charge < -0.3 is 20.7 Å². The Bertz CT molecular complexity index is 656. The minimum Gasteiger partial charge on any atom is -0.388 e. The lowest BCUT2D eigenvalue weighted by molar-refractivity contribution is -0.121. The first-order valence-electron chi connectivity index (χ1n) is 7.82. The standard InChI is InChI=1S/C17H23N3O3/c1-3-17(23,4-2)11-19-15(21)10-18-16(22)14-9-12-7-5-6-8-13(12)20-14/h5-9,20,23H,3-4,10-11H2,1-2H3,(H,18,22)(H,19,21). The molecule has 0 saturated carbocycles. The lowest BCUT2D eigenvalue weighted by Gasteiger charge is -2.25. The van der Waals surface area contributed by atoms with E-state index in [1.165, 1.54) is 0 Å². The molecule has 6 nitrogen and oxygen atoms in total. The maximum absolute atomic E-state index is 12.1. The van der Waals surface area contributed by atoms with Crippen LogP contribution < -0.4 is 10.6 Å². The van der Waals surface area contributed by atoms with Crippen LogP contribution in [-0.4, -0.2) is 40.6 Å². The molecule has 23 heavy (non-hydrogen) atoms. The summed E-state index contributed by atoms with van der Waals surface area (Å²) in [4.78, 5) is 26.9. The van der Waals surface area contributed by atoms with Crippen molar-refractivity contribution >= 4 is 22.7 Å². The molecule has 0 spiro atoms. The molecule has 0 bridgehead atoms. The van der Waals surface area contributed by atoms with Crippen molar-refractivity contribution in [3.05, 3.63) is 36.0 Å². The number of carbonyl (C=O) groups excluding carboxylic acids is 2. The summed E-state index contributed by atoms with van der Waals surface area (Å²) in [5, 5.41) is 16.3. The van der Waals surface area contributed by atoms with Crippen LogP contribution in [0.2, 0.25) is 0 Å². The second-order valence-corrected chi connectivity index (χ2v) is 5.66. The number of fused-ring (bicyclic) bond motifs is 1. The summed E-state index contributed by atoms with van der Waals surface area (Å²) in [6, 6.07) is 9.32. The molecule has 6 heteroatoms. The average molecular weight is 317 g/mol. The highest BCUT2D eigenvalue weighted by atomic mass is 16.3. The maximum Gasteiger partial charge on any atom is 0.268 e. The van der Waals surface area contributed by atoms with Gasteiger partial charge in [-0.25, -0.2) is 0 Å². The van der Waals surface area contributed by atoms with Crippen molar-refractivity contribution < 1.29 is 14.7 Å². The molecule has 0 aliphatic carbocycles. The van der Waals surface area contributed by atoms with E-state index in [1.54, 1.807) is 6.07 Å². The van der Waals surface area contributed by atoms with Crippen LogP contribution in [0.4, 0.5) is 0 Å². The van der Waals surface area contributed by atoms with Crippen LogP contribution in [0.25, 0.3) is 10.9 Å². The number of rotatable bonds is 7. The molecule has 0 unspecified atom stereocenters. The molecule has 0 saturated heterocycles. The number of amides is 2. The SMILES string of the molecule is CCC(O)(CC)CNC(=O)CNC(=O)c1cc2ccccc2[nH]1. The molecule has 1 aromatic carbocycles. The highest BCUT2D eigenvalue weighted by molar-refractivity contribution is 5.99. The molecule has 124 valence electrons. The molecular formula is C17H23N3O3. The van der Waals surface area contributed by atoms with Crippen molar-refractivity contribution in [2.45, 2.75) is 32.3 Å². The monoisotopic (exact) mass is 317 g/mol. The van der Waals surface area contributed by atoms with Crippen molar-refractivity contribution in [3.8, 4) is 0 Å².